The molecule has 0 saturated heterocycles. The van der Waals surface area contributed by atoms with E-state index in [-0.39, 0.29) is 12.1 Å². The van der Waals surface area contributed by atoms with Gasteiger partial charge in [0.1, 0.15) is 16.2 Å². The Morgan fingerprint density at radius 2 is 2.17 bits per heavy atom. The van der Waals surface area contributed by atoms with Crippen LogP contribution in [-0.2, 0) is 27.1 Å². The molecule has 0 saturated carbocycles. The number of nitrogens with one attached hydrogen (secondary N) is 1. The first kappa shape index (κ1) is 17.6. The molecule has 1 N–H and O–H groups in total. The Hall–Kier alpha value is -3.47. The zero-order valence-corrected chi connectivity index (χ0v) is 16.9. The summed E-state index contributed by atoms with van der Waals surface area (Å²) in [5.74, 6) is 0.624. The molecule has 0 aliphatic heterocycles. The molecule has 0 unspecified atom stereocenters. The quantitative estimate of drug-likeness (QED) is 0.470. The lowest BCUT2D eigenvalue weighted by molar-refractivity contribution is 0.406. The second-order valence-electron chi connectivity index (χ2n) is 6.77. The van der Waals surface area contributed by atoms with Gasteiger partial charge in [-0.3, -0.25) is 14.6 Å². The third-order valence-electron chi connectivity index (χ3n) is 4.86. The fourth-order valence-corrected chi connectivity index (χ4v) is 4.63. The smallest absolute Gasteiger partial charge is 0.291 e. The van der Waals surface area contributed by atoms with E-state index in [0.29, 0.717) is 23.4 Å². The minimum absolute atomic E-state index is 0.182. The van der Waals surface area contributed by atoms with Gasteiger partial charge in [0.05, 0.1) is 30.7 Å². The number of H-pyrrole nitrogens is 1. The summed E-state index contributed by atoms with van der Waals surface area (Å²) in [6.45, 7) is 0.232. The van der Waals surface area contributed by atoms with Gasteiger partial charge in [0, 0.05) is 37.8 Å². The molecular weight excluding hydrogens is 392 g/mol. The van der Waals surface area contributed by atoms with E-state index in [2.05, 4.69) is 20.4 Å². The highest BCUT2D eigenvalue weighted by Gasteiger charge is 2.19. The Kier molecular flexibility index (Phi) is 3.98. The van der Waals surface area contributed by atoms with E-state index in [4.69, 9.17) is 9.72 Å². The lowest BCUT2D eigenvalue weighted by Crippen LogP contribution is -2.25. The molecular formula is C18H18N8O2S. The first-order chi connectivity index (χ1) is 14.0. The number of aromatic amines is 1. The van der Waals surface area contributed by atoms with Crippen LogP contribution in [0.15, 0.2) is 29.5 Å². The zero-order chi connectivity index (χ0) is 20.1. The standard InChI is InChI=1S/C18H18N8O2S/c1-24-9-13(28-3)12(23-24)8-26-18(27)15-11(7-20-26)16-17(25(15)2)21-14(29-16)6-10-4-5-19-22-10/h4-5,7,9H,6,8H2,1-3H3,(H,19,22). The van der Waals surface area contributed by atoms with Crippen molar-refractivity contribution in [3.63, 3.8) is 0 Å². The van der Waals surface area contributed by atoms with E-state index in [0.717, 1.165) is 26.4 Å². The van der Waals surface area contributed by atoms with Crippen LogP contribution >= 0.6 is 11.3 Å². The molecule has 0 radical (unpaired) electrons. The normalized spacial score (nSPS) is 11.7. The van der Waals surface area contributed by atoms with Crippen molar-refractivity contribution in [2.45, 2.75) is 13.0 Å². The second kappa shape index (κ2) is 6.55. The lowest BCUT2D eigenvalue weighted by Gasteiger charge is -2.05. The van der Waals surface area contributed by atoms with Crippen LogP contribution in [-0.4, -0.2) is 46.4 Å². The number of methoxy groups -OCH3 is 1. The number of rotatable bonds is 5. The molecule has 29 heavy (non-hydrogen) atoms. The topological polar surface area (TPSA) is 108 Å². The highest BCUT2D eigenvalue weighted by Crippen LogP contribution is 2.31. The molecule has 5 aromatic heterocycles. The molecule has 10 nitrogen and oxygen atoms in total. The maximum absolute atomic E-state index is 13.1. The minimum atomic E-state index is -0.182. The second-order valence-corrected chi connectivity index (χ2v) is 7.85. The summed E-state index contributed by atoms with van der Waals surface area (Å²) in [6, 6.07) is 1.93. The van der Waals surface area contributed by atoms with Crippen LogP contribution in [0.3, 0.4) is 0 Å². The first-order valence-corrected chi connectivity index (χ1v) is 9.75. The molecule has 0 aliphatic carbocycles. The summed E-state index contributed by atoms with van der Waals surface area (Å²) in [4.78, 5) is 17.9. The average molecular weight is 410 g/mol. The van der Waals surface area contributed by atoms with Gasteiger partial charge < -0.3 is 9.30 Å². The van der Waals surface area contributed by atoms with Gasteiger partial charge >= 0.3 is 0 Å². The van der Waals surface area contributed by atoms with Crippen molar-refractivity contribution in [2.24, 2.45) is 14.1 Å². The van der Waals surface area contributed by atoms with Gasteiger partial charge in [-0.25, -0.2) is 9.67 Å². The van der Waals surface area contributed by atoms with E-state index in [9.17, 15) is 4.79 Å². The highest BCUT2D eigenvalue weighted by atomic mass is 32.1. The molecule has 5 heterocycles. The van der Waals surface area contributed by atoms with Crippen LogP contribution in [0.1, 0.15) is 16.4 Å². The largest absolute Gasteiger partial charge is 0.493 e. The van der Waals surface area contributed by atoms with E-state index in [1.54, 1.807) is 41.7 Å². The summed E-state index contributed by atoms with van der Waals surface area (Å²) in [5, 5.41) is 17.4. The Balaban J connectivity index is 1.58. The fraction of sp³-hybridized carbons (Fsp3) is 0.278. The van der Waals surface area contributed by atoms with E-state index in [1.807, 2.05) is 24.7 Å². The Morgan fingerprint density at radius 3 is 2.93 bits per heavy atom. The molecule has 0 amide bonds. The third-order valence-corrected chi connectivity index (χ3v) is 5.93. The van der Waals surface area contributed by atoms with Gasteiger partial charge in [-0.15, -0.1) is 11.3 Å². The molecule has 11 heteroatoms. The summed E-state index contributed by atoms with van der Waals surface area (Å²) < 4.78 is 11.2. The van der Waals surface area contributed by atoms with Crippen molar-refractivity contribution in [1.29, 1.82) is 0 Å². The number of thiazole rings is 1. The molecule has 0 atom stereocenters. The molecule has 5 aromatic rings. The summed E-state index contributed by atoms with van der Waals surface area (Å²) >= 11 is 1.57. The van der Waals surface area contributed by atoms with Gasteiger partial charge in [0.25, 0.3) is 5.56 Å². The number of aryl methyl sites for hydroxylation is 2. The van der Waals surface area contributed by atoms with Crippen molar-refractivity contribution < 1.29 is 4.74 Å². The SMILES string of the molecule is COc1cn(C)nc1Cn1ncc2c3sc(Cc4ccn[nH]4)nc3n(C)c2c1=O. The van der Waals surface area contributed by atoms with Crippen molar-refractivity contribution in [3.8, 4) is 5.75 Å². The van der Waals surface area contributed by atoms with Crippen molar-refractivity contribution >= 4 is 32.6 Å². The van der Waals surface area contributed by atoms with Crippen LogP contribution in [0.25, 0.3) is 21.3 Å². The van der Waals surface area contributed by atoms with Gasteiger partial charge in [0.15, 0.2) is 11.4 Å². The van der Waals surface area contributed by atoms with Crippen LogP contribution < -0.4 is 10.3 Å². The van der Waals surface area contributed by atoms with Crippen LogP contribution in [0.5, 0.6) is 5.75 Å². The number of hydrogen-bond donors (Lipinski definition) is 1. The van der Waals surface area contributed by atoms with Crippen molar-refractivity contribution in [3.05, 3.63) is 51.4 Å². The third kappa shape index (κ3) is 2.81. The average Bonchev–Trinajstić information content (AvgIpc) is 3.46. The Labute approximate surface area is 168 Å². The molecule has 0 bridgehead atoms. The molecule has 0 aliphatic rings. The number of aromatic nitrogens is 8. The van der Waals surface area contributed by atoms with Crippen LogP contribution in [0.2, 0.25) is 0 Å². The monoisotopic (exact) mass is 410 g/mol. The molecule has 148 valence electrons. The van der Waals surface area contributed by atoms with Crippen LogP contribution in [0, 0.1) is 0 Å². The maximum atomic E-state index is 13.1. The molecule has 5 rings (SSSR count). The summed E-state index contributed by atoms with van der Waals surface area (Å²) in [7, 11) is 5.25. The number of fused-ring (bicyclic) bond motifs is 3. The molecule has 0 fully saturated rings. The molecule has 0 aromatic carbocycles. The van der Waals surface area contributed by atoms with Gasteiger partial charge in [-0.2, -0.15) is 15.3 Å². The zero-order valence-electron chi connectivity index (χ0n) is 16.1. The van der Waals surface area contributed by atoms with Gasteiger partial charge in [-0.1, -0.05) is 0 Å². The Bertz CT molecular complexity index is 1390. The summed E-state index contributed by atoms with van der Waals surface area (Å²) in [5.41, 5.74) is 2.83. The van der Waals surface area contributed by atoms with Gasteiger partial charge in [0.2, 0.25) is 0 Å². The summed E-state index contributed by atoms with van der Waals surface area (Å²) in [6.07, 6.45) is 5.89. The van der Waals surface area contributed by atoms with E-state index in [1.165, 1.54) is 4.68 Å². The van der Waals surface area contributed by atoms with Gasteiger partial charge in [-0.05, 0) is 6.07 Å². The predicted octanol–water partition coefficient (Wildman–Crippen LogP) is 1.45. The minimum Gasteiger partial charge on any atom is -0.493 e. The number of nitrogens with zero attached hydrogens (tertiary/aromatic N) is 7. The van der Waals surface area contributed by atoms with Crippen molar-refractivity contribution in [2.75, 3.05) is 7.11 Å². The van der Waals surface area contributed by atoms with E-state index < -0.39 is 0 Å². The fourth-order valence-electron chi connectivity index (χ4n) is 3.50. The first-order valence-electron chi connectivity index (χ1n) is 8.94. The predicted molar refractivity (Wildman–Crippen MR) is 108 cm³/mol. The van der Waals surface area contributed by atoms with Crippen LogP contribution in [0.4, 0.5) is 0 Å². The number of hydrogen-bond acceptors (Lipinski definition) is 7. The lowest BCUT2D eigenvalue weighted by atomic mass is 10.3. The van der Waals surface area contributed by atoms with Crippen molar-refractivity contribution in [1.82, 2.24) is 39.3 Å². The maximum Gasteiger partial charge on any atom is 0.291 e. The molecule has 0 spiro atoms. The van der Waals surface area contributed by atoms with E-state index >= 15 is 0 Å². The Morgan fingerprint density at radius 1 is 1.31 bits per heavy atom. The highest BCUT2D eigenvalue weighted by molar-refractivity contribution is 7.19. The number of ether oxygens (including phenoxy) is 1.